The van der Waals surface area contributed by atoms with Crippen LogP contribution in [0.4, 0.5) is 0 Å². The normalized spacial score (nSPS) is 24.7. The number of nitrogens with zero attached hydrogens (tertiary/aromatic N) is 1. The lowest BCUT2D eigenvalue weighted by Gasteiger charge is -2.11. The van der Waals surface area contributed by atoms with Crippen LogP contribution in [0.25, 0.3) is 0 Å². The molecule has 0 spiro atoms. The minimum absolute atomic E-state index is 0.363. The van der Waals surface area contributed by atoms with Gasteiger partial charge in [0, 0.05) is 7.05 Å². The molecular formula is C6H11N3. The van der Waals surface area contributed by atoms with Crippen molar-refractivity contribution in [3.8, 4) is 0 Å². The fraction of sp³-hybridized carbons (Fsp3) is 0.500. The molecule has 1 rings (SSSR count). The first-order valence-corrected chi connectivity index (χ1v) is 3.02. The van der Waals surface area contributed by atoms with Crippen LogP contribution >= 0.6 is 0 Å². The van der Waals surface area contributed by atoms with Gasteiger partial charge >= 0.3 is 0 Å². The molecular weight excluding hydrogens is 114 g/mol. The van der Waals surface area contributed by atoms with Crippen molar-refractivity contribution in [3.05, 3.63) is 12.2 Å². The summed E-state index contributed by atoms with van der Waals surface area (Å²) in [5.74, 6) is 0.883. The first-order chi connectivity index (χ1) is 4.33. The molecule has 9 heavy (non-hydrogen) atoms. The molecule has 1 aliphatic rings. The van der Waals surface area contributed by atoms with Gasteiger partial charge in [0.05, 0.1) is 6.04 Å². The van der Waals surface area contributed by atoms with E-state index in [1.165, 1.54) is 0 Å². The van der Waals surface area contributed by atoms with Crippen LogP contribution in [0.5, 0.6) is 0 Å². The lowest BCUT2D eigenvalue weighted by atomic mass is 10.3. The molecule has 0 amide bonds. The van der Waals surface area contributed by atoms with E-state index in [0.29, 0.717) is 6.04 Å². The van der Waals surface area contributed by atoms with E-state index in [1.54, 1.807) is 0 Å². The highest BCUT2D eigenvalue weighted by Crippen LogP contribution is 1.90. The van der Waals surface area contributed by atoms with Gasteiger partial charge in [-0.05, 0) is 13.0 Å². The SMILES string of the molecule is CNC1=NN[C@@H](C)C=C1. The lowest BCUT2D eigenvalue weighted by molar-refractivity contribution is 0.660. The summed E-state index contributed by atoms with van der Waals surface area (Å²) in [6.07, 6.45) is 4.01. The molecule has 0 unspecified atom stereocenters. The van der Waals surface area contributed by atoms with E-state index in [1.807, 2.05) is 20.0 Å². The van der Waals surface area contributed by atoms with Crippen LogP contribution in [0, 0.1) is 0 Å². The molecule has 1 atom stereocenters. The fourth-order valence-corrected chi connectivity index (χ4v) is 0.626. The Balaban J connectivity index is 2.52. The zero-order valence-electron chi connectivity index (χ0n) is 5.68. The molecule has 0 aromatic carbocycles. The molecule has 0 saturated heterocycles. The molecule has 0 saturated carbocycles. The summed E-state index contributed by atoms with van der Waals surface area (Å²) in [5, 5.41) is 6.92. The van der Waals surface area contributed by atoms with Gasteiger partial charge in [0.1, 0.15) is 5.84 Å². The molecule has 0 radical (unpaired) electrons. The van der Waals surface area contributed by atoms with Crippen LogP contribution in [-0.4, -0.2) is 18.9 Å². The summed E-state index contributed by atoms with van der Waals surface area (Å²) in [5.41, 5.74) is 2.92. The van der Waals surface area contributed by atoms with Gasteiger partial charge in [-0.15, -0.1) is 0 Å². The predicted molar refractivity (Wildman–Crippen MR) is 38.2 cm³/mol. The number of amidine groups is 1. The molecule has 1 aliphatic heterocycles. The smallest absolute Gasteiger partial charge is 0.145 e. The Bertz CT molecular complexity index is 148. The topological polar surface area (TPSA) is 36.4 Å². The maximum absolute atomic E-state index is 4.00. The number of hydrogen-bond acceptors (Lipinski definition) is 3. The van der Waals surface area contributed by atoms with E-state index in [2.05, 4.69) is 21.9 Å². The maximum Gasteiger partial charge on any atom is 0.145 e. The van der Waals surface area contributed by atoms with Crippen LogP contribution in [0.2, 0.25) is 0 Å². The zero-order chi connectivity index (χ0) is 6.69. The summed E-state index contributed by atoms with van der Waals surface area (Å²) in [7, 11) is 1.85. The van der Waals surface area contributed by atoms with Crippen molar-refractivity contribution in [2.45, 2.75) is 13.0 Å². The average molecular weight is 125 g/mol. The van der Waals surface area contributed by atoms with Crippen LogP contribution in [0.15, 0.2) is 17.3 Å². The molecule has 3 nitrogen and oxygen atoms in total. The molecule has 1 heterocycles. The van der Waals surface area contributed by atoms with Crippen molar-refractivity contribution in [2.24, 2.45) is 5.10 Å². The quantitative estimate of drug-likeness (QED) is 0.480. The highest BCUT2D eigenvalue weighted by Gasteiger charge is 1.99. The zero-order valence-corrected chi connectivity index (χ0v) is 5.68. The predicted octanol–water partition coefficient (Wildman–Crippen LogP) is 0.0672. The van der Waals surface area contributed by atoms with E-state index < -0.39 is 0 Å². The highest BCUT2D eigenvalue weighted by atomic mass is 15.3. The molecule has 0 aromatic heterocycles. The van der Waals surface area contributed by atoms with Crippen molar-refractivity contribution in [1.29, 1.82) is 0 Å². The van der Waals surface area contributed by atoms with E-state index in [9.17, 15) is 0 Å². The third-order valence-electron chi connectivity index (χ3n) is 1.19. The van der Waals surface area contributed by atoms with Crippen LogP contribution in [-0.2, 0) is 0 Å². The van der Waals surface area contributed by atoms with E-state index in [4.69, 9.17) is 0 Å². The summed E-state index contributed by atoms with van der Waals surface area (Å²) >= 11 is 0. The molecule has 0 aliphatic carbocycles. The van der Waals surface area contributed by atoms with Gasteiger partial charge in [-0.3, -0.25) is 0 Å². The van der Waals surface area contributed by atoms with Crippen molar-refractivity contribution in [2.75, 3.05) is 7.05 Å². The van der Waals surface area contributed by atoms with Crippen LogP contribution < -0.4 is 10.7 Å². The Hall–Kier alpha value is -0.990. The van der Waals surface area contributed by atoms with Crippen molar-refractivity contribution < 1.29 is 0 Å². The monoisotopic (exact) mass is 125 g/mol. The van der Waals surface area contributed by atoms with Crippen molar-refractivity contribution in [3.63, 3.8) is 0 Å². The number of hydrazone groups is 1. The van der Waals surface area contributed by atoms with Crippen LogP contribution in [0.1, 0.15) is 6.92 Å². The minimum Gasteiger partial charge on any atom is -0.372 e. The second-order valence-electron chi connectivity index (χ2n) is 2.02. The Kier molecular flexibility index (Phi) is 1.72. The molecule has 0 fully saturated rings. The number of likely N-dealkylation sites (N-methyl/N-ethyl adjacent to an activating group) is 1. The molecule has 3 heteroatoms. The summed E-state index contributed by atoms with van der Waals surface area (Å²) in [6, 6.07) is 0.363. The van der Waals surface area contributed by atoms with E-state index >= 15 is 0 Å². The third-order valence-corrected chi connectivity index (χ3v) is 1.19. The van der Waals surface area contributed by atoms with Gasteiger partial charge in [0.25, 0.3) is 0 Å². The van der Waals surface area contributed by atoms with Gasteiger partial charge in [0.2, 0.25) is 0 Å². The molecule has 50 valence electrons. The van der Waals surface area contributed by atoms with Crippen molar-refractivity contribution >= 4 is 5.84 Å². The standard InChI is InChI=1S/C6H11N3/c1-5-3-4-6(7-2)9-8-5/h3-5,8H,1-2H3,(H,7,9)/t5-/m0/s1. The summed E-state index contributed by atoms with van der Waals surface area (Å²) in [6.45, 7) is 2.05. The average Bonchev–Trinajstić information content (AvgIpc) is 1.90. The van der Waals surface area contributed by atoms with E-state index in [-0.39, 0.29) is 0 Å². The van der Waals surface area contributed by atoms with Gasteiger partial charge in [-0.1, -0.05) is 6.08 Å². The highest BCUT2D eigenvalue weighted by molar-refractivity contribution is 5.93. The van der Waals surface area contributed by atoms with Gasteiger partial charge in [-0.2, -0.15) is 5.10 Å². The number of hydrogen-bond donors (Lipinski definition) is 2. The first-order valence-electron chi connectivity index (χ1n) is 3.02. The Morgan fingerprint density at radius 1 is 1.78 bits per heavy atom. The largest absolute Gasteiger partial charge is 0.372 e. The van der Waals surface area contributed by atoms with Crippen molar-refractivity contribution in [1.82, 2.24) is 10.7 Å². The van der Waals surface area contributed by atoms with E-state index in [0.717, 1.165) is 5.84 Å². The first kappa shape index (κ1) is 6.13. The molecule has 0 bridgehead atoms. The Morgan fingerprint density at radius 3 is 3.00 bits per heavy atom. The fourth-order valence-electron chi connectivity index (χ4n) is 0.626. The summed E-state index contributed by atoms with van der Waals surface area (Å²) < 4.78 is 0. The van der Waals surface area contributed by atoms with Gasteiger partial charge < -0.3 is 10.7 Å². The second kappa shape index (κ2) is 2.53. The van der Waals surface area contributed by atoms with Gasteiger partial charge in [0.15, 0.2) is 0 Å². The summed E-state index contributed by atoms with van der Waals surface area (Å²) in [4.78, 5) is 0. The Morgan fingerprint density at radius 2 is 2.56 bits per heavy atom. The van der Waals surface area contributed by atoms with Crippen LogP contribution in [0.3, 0.4) is 0 Å². The lowest BCUT2D eigenvalue weighted by Crippen LogP contribution is -2.29. The maximum atomic E-state index is 4.00. The number of nitrogens with one attached hydrogen (secondary N) is 2. The minimum atomic E-state index is 0.363. The molecule has 0 aromatic rings. The number of rotatable bonds is 0. The second-order valence-corrected chi connectivity index (χ2v) is 2.02. The third kappa shape index (κ3) is 1.45. The molecule has 2 N–H and O–H groups in total. The Labute approximate surface area is 54.8 Å². The van der Waals surface area contributed by atoms with Gasteiger partial charge in [-0.25, -0.2) is 0 Å².